The Morgan fingerprint density at radius 3 is 2.59 bits per heavy atom. The summed E-state index contributed by atoms with van der Waals surface area (Å²) in [4.78, 5) is 0.211. The lowest BCUT2D eigenvalue weighted by molar-refractivity contribution is 0.281. The van der Waals surface area contributed by atoms with Crippen LogP contribution < -0.4 is 4.72 Å². The van der Waals surface area contributed by atoms with Crippen molar-refractivity contribution in [2.24, 2.45) is 0 Å². The Labute approximate surface area is 109 Å². The number of aliphatic hydroxyl groups excluding tert-OH is 1. The zero-order valence-corrected chi connectivity index (χ0v) is 11.8. The Morgan fingerprint density at radius 2 is 2.12 bits per heavy atom. The van der Waals surface area contributed by atoms with Gasteiger partial charge in [-0.3, -0.25) is 0 Å². The average molecular weight is 320 g/mol. The molecule has 0 amide bonds. The Hall–Kier alpha value is -0.430. The quantitative estimate of drug-likeness (QED) is 0.888. The van der Waals surface area contributed by atoms with Crippen LogP contribution in [0.3, 0.4) is 0 Å². The fourth-order valence-electron chi connectivity index (χ4n) is 1.53. The van der Waals surface area contributed by atoms with E-state index in [0.29, 0.717) is 10.0 Å². The molecule has 0 aromatic heterocycles. The van der Waals surface area contributed by atoms with Gasteiger partial charge in [-0.05, 0) is 53.4 Å². The number of aliphatic hydroxyl groups is 1. The van der Waals surface area contributed by atoms with Gasteiger partial charge in [0.05, 0.1) is 11.5 Å². The summed E-state index contributed by atoms with van der Waals surface area (Å²) in [5.41, 5.74) is 0.391. The molecule has 0 radical (unpaired) electrons. The molecule has 6 heteroatoms. The van der Waals surface area contributed by atoms with Crippen LogP contribution in [-0.4, -0.2) is 19.1 Å². The summed E-state index contributed by atoms with van der Waals surface area (Å²) < 4.78 is 27.4. The maximum atomic E-state index is 12.1. The van der Waals surface area contributed by atoms with Crippen LogP contribution >= 0.6 is 15.9 Å². The van der Waals surface area contributed by atoms with Gasteiger partial charge in [-0.1, -0.05) is 6.07 Å². The van der Waals surface area contributed by atoms with Gasteiger partial charge in [-0.25, -0.2) is 13.1 Å². The van der Waals surface area contributed by atoms with Crippen LogP contribution in [0.1, 0.15) is 25.3 Å². The molecule has 0 atom stereocenters. The van der Waals surface area contributed by atoms with Crippen LogP contribution in [0.2, 0.25) is 0 Å². The predicted molar refractivity (Wildman–Crippen MR) is 68.0 cm³/mol. The lowest BCUT2D eigenvalue weighted by Gasteiger charge is -2.13. The summed E-state index contributed by atoms with van der Waals surface area (Å²) in [6, 6.07) is 4.72. The first kappa shape index (κ1) is 13.0. The lowest BCUT2D eigenvalue weighted by atomic mass is 10.2. The molecule has 94 valence electrons. The van der Waals surface area contributed by atoms with Crippen LogP contribution in [0.4, 0.5) is 0 Å². The van der Waals surface area contributed by atoms with Crippen LogP contribution in [-0.2, 0) is 16.6 Å². The molecule has 2 N–H and O–H groups in total. The van der Waals surface area contributed by atoms with Crippen LogP contribution in [0.25, 0.3) is 0 Å². The number of halogens is 1. The largest absolute Gasteiger partial charge is 0.392 e. The fourth-order valence-corrected chi connectivity index (χ4v) is 4.12. The molecular weight excluding hydrogens is 306 g/mol. The van der Waals surface area contributed by atoms with E-state index in [9.17, 15) is 8.42 Å². The number of sulfonamides is 1. The topological polar surface area (TPSA) is 66.4 Å². The first-order chi connectivity index (χ1) is 7.86. The molecule has 2 rings (SSSR count). The highest BCUT2D eigenvalue weighted by Crippen LogP contribution is 2.36. The van der Waals surface area contributed by atoms with Gasteiger partial charge < -0.3 is 5.11 Å². The van der Waals surface area contributed by atoms with Crippen molar-refractivity contribution in [1.82, 2.24) is 4.72 Å². The minimum atomic E-state index is -3.49. The second-order valence-electron chi connectivity index (χ2n) is 4.59. The Balaban J connectivity index is 2.33. The van der Waals surface area contributed by atoms with Gasteiger partial charge >= 0.3 is 0 Å². The summed E-state index contributed by atoms with van der Waals surface area (Å²) in [5, 5.41) is 8.97. The number of nitrogens with one attached hydrogen (secondary N) is 1. The van der Waals surface area contributed by atoms with Crippen LogP contribution in [0, 0.1) is 0 Å². The summed E-state index contributed by atoms with van der Waals surface area (Å²) in [6.45, 7) is 1.78. The SMILES string of the molecule is CC1(NS(=O)(=O)c2ccc(CO)cc2Br)CC1. The number of hydrogen-bond donors (Lipinski definition) is 2. The third kappa shape index (κ3) is 2.88. The molecule has 17 heavy (non-hydrogen) atoms. The maximum Gasteiger partial charge on any atom is 0.242 e. The van der Waals surface area contributed by atoms with Gasteiger partial charge in [-0.2, -0.15) is 0 Å². The molecule has 1 aromatic carbocycles. The second-order valence-corrected chi connectivity index (χ2v) is 7.09. The van der Waals surface area contributed by atoms with Crippen molar-refractivity contribution in [1.29, 1.82) is 0 Å². The van der Waals surface area contributed by atoms with Gasteiger partial charge in [0, 0.05) is 10.0 Å². The number of rotatable bonds is 4. The highest BCUT2D eigenvalue weighted by Gasteiger charge is 2.41. The molecule has 0 bridgehead atoms. The zero-order chi connectivity index (χ0) is 12.7. The zero-order valence-electron chi connectivity index (χ0n) is 9.40. The van der Waals surface area contributed by atoms with E-state index in [0.717, 1.165) is 12.8 Å². The molecule has 1 fully saturated rings. The van der Waals surface area contributed by atoms with Gasteiger partial charge in [0.2, 0.25) is 10.0 Å². The van der Waals surface area contributed by atoms with Gasteiger partial charge in [0.25, 0.3) is 0 Å². The second kappa shape index (κ2) is 4.35. The molecular formula is C11H14BrNO3S. The minimum Gasteiger partial charge on any atom is -0.392 e. The fraction of sp³-hybridized carbons (Fsp3) is 0.455. The van der Waals surface area contributed by atoms with Crippen LogP contribution in [0.15, 0.2) is 27.6 Å². The van der Waals surface area contributed by atoms with Crippen molar-refractivity contribution in [2.45, 2.75) is 36.8 Å². The molecule has 4 nitrogen and oxygen atoms in total. The van der Waals surface area contributed by atoms with E-state index in [2.05, 4.69) is 20.7 Å². The van der Waals surface area contributed by atoms with E-state index in [-0.39, 0.29) is 17.0 Å². The molecule has 0 unspecified atom stereocenters. The van der Waals surface area contributed by atoms with Crippen molar-refractivity contribution in [2.75, 3.05) is 0 Å². The van der Waals surface area contributed by atoms with E-state index >= 15 is 0 Å². The third-order valence-corrected chi connectivity index (χ3v) is 5.46. The average Bonchev–Trinajstić information content (AvgIpc) is 2.94. The van der Waals surface area contributed by atoms with E-state index in [1.807, 2.05) is 6.92 Å². The third-order valence-electron chi connectivity index (χ3n) is 2.85. The van der Waals surface area contributed by atoms with Crippen molar-refractivity contribution >= 4 is 26.0 Å². The number of hydrogen-bond acceptors (Lipinski definition) is 3. The highest BCUT2D eigenvalue weighted by atomic mass is 79.9. The first-order valence-electron chi connectivity index (χ1n) is 5.30. The number of benzene rings is 1. The normalized spacial score (nSPS) is 18.1. The summed E-state index contributed by atoms with van der Waals surface area (Å²) in [7, 11) is -3.49. The molecule has 1 aromatic rings. The van der Waals surface area contributed by atoms with E-state index in [1.54, 1.807) is 12.1 Å². The standard InChI is InChI=1S/C11H14BrNO3S/c1-11(4-5-11)13-17(15,16)10-3-2-8(7-14)6-9(10)12/h2-3,6,13-14H,4-5,7H2,1H3. The minimum absolute atomic E-state index is 0.107. The molecule has 1 aliphatic rings. The molecule has 0 aliphatic heterocycles. The molecule has 0 heterocycles. The molecule has 1 saturated carbocycles. The lowest BCUT2D eigenvalue weighted by Crippen LogP contribution is -2.34. The Bertz CT molecular complexity index is 538. The highest BCUT2D eigenvalue weighted by molar-refractivity contribution is 9.10. The van der Waals surface area contributed by atoms with Crippen LogP contribution in [0.5, 0.6) is 0 Å². The Kier molecular flexibility index (Phi) is 3.33. The van der Waals surface area contributed by atoms with Crippen molar-refractivity contribution in [3.63, 3.8) is 0 Å². The Morgan fingerprint density at radius 1 is 1.47 bits per heavy atom. The molecule has 0 spiro atoms. The summed E-state index contributed by atoms with van der Waals surface area (Å²) in [5.74, 6) is 0. The van der Waals surface area contributed by atoms with Crippen molar-refractivity contribution in [3.8, 4) is 0 Å². The molecule has 0 saturated heterocycles. The monoisotopic (exact) mass is 319 g/mol. The van der Waals surface area contributed by atoms with Gasteiger partial charge in [0.1, 0.15) is 0 Å². The van der Waals surface area contributed by atoms with Gasteiger partial charge in [-0.15, -0.1) is 0 Å². The molecule has 1 aliphatic carbocycles. The summed E-state index contributed by atoms with van der Waals surface area (Å²) in [6.07, 6.45) is 1.75. The summed E-state index contributed by atoms with van der Waals surface area (Å²) >= 11 is 3.22. The maximum absolute atomic E-state index is 12.1. The van der Waals surface area contributed by atoms with Gasteiger partial charge in [0.15, 0.2) is 0 Å². The first-order valence-corrected chi connectivity index (χ1v) is 7.57. The van der Waals surface area contributed by atoms with E-state index < -0.39 is 10.0 Å². The van der Waals surface area contributed by atoms with E-state index in [4.69, 9.17) is 5.11 Å². The van der Waals surface area contributed by atoms with Crippen molar-refractivity contribution in [3.05, 3.63) is 28.2 Å². The van der Waals surface area contributed by atoms with Crippen molar-refractivity contribution < 1.29 is 13.5 Å². The smallest absolute Gasteiger partial charge is 0.242 e. The predicted octanol–water partition coefficient (Wildman–Crippen LogP) is 1.77. The van der Waals surface area contributed by atoms with E-state index in [1.165, 1.54) is 6.07 Å².